The number of hydrogen-bond donors (Lipinski definition) is 3. The van der Waals surface area contributed by atoms with E-state index in [4.69, 9.17) is 14.2 Å². The minimum absolute atomic E-state index is 0.0539. The summed E-state index contributed by atoms with van der Waals surface area (Å²) < 4.78 is 31.5. The van der Waals surface area contributed by atoms with Crippen molar-refractivity contribution in [2.75, 3.05) is 26.8 Å². The Bertz CT molecular complexity index is 1350. The van der Waals surface area contributed by atoms with Crippen LogP contribution in [0.4, 0.5) is 4.39 Å². The van der Waals surface area contributed by atoms with E-state index in [2.05, 4.69) is 26.0 Å². The third kappa shape index (κ3) is 5.51. The van der Waals surface area contributed by atoms with Crippen LogP contribution in [0.1, 0.15) is 32.8 Å². The molecule has 2 aromatic carbocycles. The molecule has 38 heavy (non-hydrogen) atoms. The SMILES string of the molecule is COc1ccc2cc1OCC(=O)NCc1cc(F)cc(c1)O[C@@H]1CCN(C(=O)c3cn[nH]n3)C[C@@H]1NC2=O. The molecule has 0 aliphatic carbocycles. The van der Waals surface area contributed by atoms with Gasteiger partial charge in [-0.1, -0.05) is 0 Å². The van der Waals surface area contributed by atoms with Crippen LogP contribution in [0.2, 0.25) is 0 Å². The number of carbonyl (C=O) groups excluding carboxylic acids is 3. The first-order valence-corrected chi connectivity index (χ1v) is 11.9. The molecule has 2 atom stereocenters. The van der Waals surface area contributed by atoms with E-state index >= 15 is 0 Å². The number of H-pyrrole nitrogens is 1. The fraction of sp³-hybridized carbons (Fsp3) is 0.320. The molecule has 3 amide bonds. The molecule has 1 fully saturated rings. The molecule has 2 aliphatic heterocycles. The lowest BCUT2D eigenvalue weighted by Gasteiger charge is -2.38. The molecule has 2 aliphatic rings. The number of rotatable bonds is 2. The number of aromatic nitrogens is 3. The molecule has 198 valence electrons. The second-order valence-electron chi connectivity index (χ2n) is 8.86. The smallest absolute Gasteiger partial charge is 0.276 e. The van der Waals surface area contributed by atoms with E-state index in [-0.39, 0.29) is 48.4 Å². The highest BCUT2D eigenvalue weighted by molar-refractivity contribution is 5.95. The van der Waals surface area contributed by atoms with Crippen molar-refractivity contribution in [3.05, 3.63) is 65.2 Å². The van der Waals surface area contributed by atoms with Crippen LogP contribution in [-0.2, 0) is 11.3 Å². The number of nitrogens with one attached hydrogen (secondary N) is 3. The lowest BCUT2D eigenvalue weighted by atomic mass is 10.0. The zero-order valence-electron chi connectivity index (χ0n) is 20.4. The van der Waals surface area contributed by atoms with Crippen molar-refractivity contribution in [2.45, 2.75) is 25.1 Å². The number of carbonyl (C=O) groups is 3. The largest absolute Gasteiger partial charge is 0.493 e. The molecule has 5 rings (SSSR count). The van der Waals surface area contributed by atoms with Gasteiger partial charge in [-0.15, -0.1) is 0 Å². The number of piperidine rings is 1. The van der Waals surface area contributed by atoms with Crippen molar-refractivity contribution in [3.8, 4) is 17.2 Å². The van der Waals surface area contributed by atoms with E-state index in [0.29, 0.717) is 24.3 Å². The number of hydrogen-bond acceptors (Lipinski definition) is 8. The van der Waals surface area contributed by atoms with Gasteiger partial charge in [-0.2, -0.15) is 15.4 Å². The summed E-state index contributed by atoms with van der Waals surface area (Å²) in [5.74, 6) is -0.994. The Morgan fingerprint density at radius 2 is 2.08 bits per heavy atom. The molecule has 3 heterocycles. The van der Waals surface area contributed by atoms with Crippen LogP contribution in [0.5, 0.6) is 17.2 Å². The average Bonchev–Trinajstić information content (AvgIpc) is 3.45. The molecular weight excluding hydrogens is 499 g/mol. The average molecular weight is 525 g/mol. The normalized spacial score (nSPS) is 19.8. The molecule has 3 aromatic rings. The number of aromatic amines is 1. The highest BCUT2D eigenvalue weighted by Gasteiger charge is 2.35. The fourth-order valence-electron chi connectivity index (χ4n) is 4.40. The van der Waals surface area contributed by atoms with E-state index in [1.165, 1.54) is 31.5 Å². The molecular formula is C25H25FN6O6. The first-order valence-electron chi connectivity index (χ1n) is 11.9. The van der Waals surface area contributed by atoms with Crippen molar-refractivity contribution >= 4 is 17.7 Å². The molecule has 1 saturated heterocycles. The molecule has 1 aromatic heterocycles. The van der Waals surface area contributed by atoms with Crippen molar-refractivity contribution < 1.29 is 33.0 Å². The van der Waals surface area contributed by atoms with Gasteiger partial charge in [0.05, 0.1) is 19.3 Å². The van der Waals surface area contributed by atoms with Gasteiger partial charge in [-0.3, -0.25) is 14.4 Å². The predicted octanol–water partition coefficient (Wildman–Crippen LogP) is 1.05. The molecule has 13 heteroatoms. The Labute approximate surface area is 216 Å². The number of likely N-dealkylation sites (tertiary alicyclic amines) is 1. The van der Waals surface area contributed by atoms with Gasteiger partial charge in [0, 0.05) is 37.7 Å². The first kappa shape index (κ1) is 25.0. The first-order chi connectivity index (χ1) is 18.4. The summed E-state index contributed by atoms with van der Waals surface area (Å²) in [4.78, 5) is 40.1. The summed E-state index contributed by atoms with van der Waals surface area (Å²) in [5, 5.41) is 15.6. The van der Waals surface area contributed by atoms with E-state index in [1.54, 1.807) is 23.1 Å². The Hall–Kier alpha value is -4.68. The zero-order valence-corrected chi connectivity index (χ0v) is 20.4. The van der Waals surface area contributed by atoms with Gasteiger partial charge in [0.25, 0.3) is 17.7 Å². The Morgan fingerprint density at radius 1 is 1.21 bits per heavy atom. The maximum absolute atomic E-state index is 14.4. The van der Waals surface area contributed by atoms with Crippen LogP contribution >= 0.6 is 0 Å². The van der Waals surface area contributed by atoms with E-state index in [9.17, 15) is 18.8 Å². The minimum Gasteiger partial charge on any atom is -0.493 e. The second-order valence-corrected chi connectivity index (χ2v) is 8.86. The number of halogens is 1. The van der Waals surface area contributed by atoms with Crippen LogP contribution < -0.4 is 24.8 Å². The van der Waals surface area contributed by atoms with Crippen LogP contribution in [-0.4, -0.2) is 77.0 Å². The summed E-state index contributed by atoms with van der Waals surface area (Å²) in [5.41, 5.74) is 0.886. The zero-order chi connectivity index (χ0) is 26.6. The van der Waals surface area contributed by atoms with Crippen molar-refractivity contribution in [1.82, 2.24) is 30.9 Å². The van der Waals surface area contributed by atoms with Crippen molar-refractivity contribution in [3.63, 3.8) is 0 Å². The van der Waals surface area contributed by atoms with E-state index < -0.39 is 29.8 Å². The maximum atomic E-state index is 14.4. The molecule has 0 unspecified atom stereocenters. The lowest BCUT2D eigenvalue weighted by Crippen LogP contribution is -2.58. The molecule has 0 radical (unpaired) electrons. The summed E-state index contributed by atoms with van der Waals surface area (Å²) >= 11 is 0. The fourth-order valence-corrected chi connectivity index (χ4v) is 4.40. The summed E-state index contributed by atoms with van der Waals surface area (Å²) in [7, 11) is 1.44. The molecule has 12 nitrogen and oxygen atoms in total. The minimum atomic E-state index is -0.641. The van der Waals surface area contributed by atoms with Gasteiger partial charge in [0.2, 0.25) is 0 Å². The third-order valence-electron chi connectivity index (χ3n) is 6.28. The molecule has 0 spiro atoms. The molecule has 4 bridgehead atoms. The third-order valence-corrected chi connectivity index (χ3v) is 6.28. The Morgan fingerprint density at radius 3 is 2.87 bits per heavy atom. The van der Waals surface area contributed by atoms with Crippen LogP contribution in [0.25, 0.3) is 0 Å². The van der Waals surface area contributed by atoms with Gasteiger partial charge >= 0.3 is 0 Å². The number of ether oxygens (including phenoxy) is 3. The van der Waals surface area contributed by atoms with Gasteiger partial charge in [-0.05, 0) is 35.9 Å². The van der Waals surface area contributed by atoms with E-state index in [0.717, 1.165) is 0 Å². The number of benzene rings is 2. The van der Waals surface area contributed by atoms with Gasteiger partial charge < -0.3 is 29.7 Å². The van der Waals surface area contributed by atoms with E-state index in [1.807, 2.05) is 0 Å². The summed E-state index contributed by atoms with van der Waals surface area (Å²) in [6.07, 6.45) is 1.11. The number of fused-ring (bicyclic) bond motifs is 5. The molecule has 0 saturated carbocycles. The number of nitrogens with zero attached hydrogens (tertiary/aromatic N) is 3. The lowest BCUT2D eigenvalue weighted by molar-refractivity contribution is -0.123. The van der Waals surface area contributed by atoms with Gasteiger partial charge in [-0.25, -0.2) is 4.39 Å². The molecule has 3 N–H and O–H groups in total. The van der Waals surface area contributed by atoms with Crippen LogP contribution in [0.15, 0.2) is 42.6 Å². The monoisotopic (exact) mass is 524 g/mol. The van der Waals surface area contributed by atoms with Crippen molar-refractivity contribution in [1.29, 1.82) is 0 Å². The predicted molar refractivity (Wildman–Crippen MR) is 129 cm³/mol. The standard InChI is InChI=1S/C25H25FN6O6/c1-36-21-3-2-15-8-22(21)37-13-23(33)27-10-14-6-16(26)9-17(7-14)38-20-4-5-32(12-19(20)29-24(15)34)25(35)18-11-28-31-30-18/h2-3,6-9,11,19-20H,4-5,10,12-13H2,1H3,(H,27,33)(H,29,34)(H,28,30,31)/t19-,20+/m0/s1. The maximum Gasteiger partial charge on any atom is 0.276 e. The van der Waals surface area contributed by atoms with Crippen LogP contribution in [0.3, 0.4) is 0 Å². The highest BCUT2D eigenvalue weighted by Crippen LogP contribution is 2.29. The Kier molecular flexibility index (Phi) is 7.07. The van der Waals surface area contributed by atoms with Gasteiger partial charge in [0.15, 0.2) is 23.8 Å². The second kappa shape index (κ2) is 10.7. The van der Waals surface area contributed by atoms with Crippen molar-refractivity contribution in [2.24, 2.45) is 0 Å². The topological polar surface area (TPSA) is 148 Å². The Balaban J connectivity index is 1.47. The summed E-state index contributed by atoms with van der Waals surface area (Å²) in [6, 6.07) is 8.10. The van der Waals surface area contributed by atoms with Crippen LogP contribution in [0, 0.1) is 5.82 Å². The number of amides is 3. The number of methoxy groups -OCH3 is 1. The van der Waals surface area contributed by atoms with Gasteiger partial charge in [0.1, 0.15) is 17.7 Å². The summed E-state index contributed by atoms with van der Waals surface area (Å²) in [6.45, 7) is 0.156. The quantitative estimate of drug-likeness (QED) is 0.451. The highest BCUT2D eigenvalue weighted by atomic mass is 19.1.